The first-order chi connectivity index (χ1) is 13.9. The first-order valence-corrected chi connectivity index (χ1v) is 10.0. The van der Waals surface area contributed by atoms with E-state index < -0.39 is 5.82 Å². The molecule has 4 N–H and O–H groups in total. The molecule has 0 spiro atoms. The molecule has 1 fully saturated rings. The Balaban J connectivity index is 1.71. The lowest BCUT2D eigenvalue weighted by molar-refractivity contribution is -0.124. The number of hydrogen-bond donors (Lipinski definition) is 4. The largest absolute Gasteiger partial charge is 0.394 e. The van der Waals surface area contributed by atoms with E-state index in [0.29, 0.717) is 17.8 Å². The Kier molecular flexibility index (Phi) is 6.64. The number of aromatic nitrogens is 2. The molecule has 7 nitrogen and oxygen atoms in total. The molecule has 1 atom stereocenters. The Labute approximate surface area is 170 Å². The predicted octanol–water partition coefficient (Wildman–Crippen LogP) is 4.06. The van der Waals surface area contributed by atoms with Crippen molar-refractivity contribution in [2.75, 3.05) is 22.6 Å². The zero-order chi connectivity index (χ0) is 20.9. The number of nitrogens with one attached hydrogen (secondary N) is 3. The molecule has 1 heterocycles. The van der Waals surface area contributed by atoms with Gasteiger partial charge in [-0.3, -0.25) is 4.79 Å². The third-order valence-corrected chi connectivity index (χ3v) is 5.43. The van der Waals surface area contributed by atoms with Crippen molar-refractivity contribution in [1.82, 2.24) is 9.97 Å². The van der Waals surface area contributed by atoms with Gasteiger partial charge in [-0.2, -0.15) is 4.98 Å². The van der Waals surface area contributed by atoms with Gasteiger partial charge >= 0.3 is 0 Å². The maximum absolute atomic E-state index is 14.0. The lowest BCUT2D eigenvalue weighted by Gasteiger charge is -2.22. The standard InChI is InChI=1S/C21H28FN5O2/c1-3-14(13-28)24-18-17(22)12-23-20(27-18)26-16-8-6-7-15(11-16)25-19(29)21(2)9-4-5-10-21/h6-8,11-12,14,28H,3-5,9-10,13H2,1-2H3,(H,25,29)(H2,23,24,26,27)/t14-/m0/s1. The van der Waals surface area contributed by atoms with Gasteiger partial charge in [-0.1, -0.05) is 32.8 Å². The van der Waals surface area contributed by atoms with Gasteiger partial charge < -0.3 is 21.1 Å². The van der Waals surface area contributed by atoms with E-state index in [1.807, 2.05) is 32.0 Å². The van der Waals surface area contributed by atoms with Gasteiger partial charge in [0.2, 0.25) is 11.9 Å². The normalized spacial score (nSPS) is 16.3. The first kappa shape index (κ1) is 21.0. The molecule has 1 amide bonds. The average Bonchev–Trinajstić information content (AvgIpc) is 3.16. The van der Waals surface area contributed by atoms with Crippen LogP contribution in [0, 0.1) is 11.2 Å². The molecule has 1 aromatic carbocycles. The molecule has 0 radical (unpaired) electrons. The van der Waals surface area contributed by atoms with Crippen molar-refractivity contribution in [3.05, 3.63) is 36.3 Å². The summed E-state index contributed by atoms with van der Waals surface area (Å²) in [4.78, 5) is 20.8. The highest BCUT2D eigenvalue weighted by Crippen LogP contribution is 2.38. The zero-order valence-electron chi connectivity index (χ0n) is 16.8. The van der Waals surface area contributed by atoms with Gasteiger partial charge in [0.15, 0.2) is 11.6 Å². The van der Waals surface area contributed by atoms with Crippen molar-refractivity contribution in [3.63, 3.8) is 0 Å². The van der Waals surface area contributed by atoms with Crippen molar-refractivity contribution in [2.45, 2.75) is 52.0 Å². The predicted molar refractivity (Wildman–Crippen MR) is 112 cm³/mol. The van der Waals surface area contributed by atoms with E-state index in [1.165, 1.54) is 0 Å². The molecule has 1 aromatic heterocycles. The number of hydrogen-bond acceptors (Lipinski definition) is 6. The van der Waals surface area contributed by atoms with Gasteiger partial charge in [0, 0.05) is 16.8 Å². The van der Waals surface area contributed by atoms with Crippen LogP contribution in [-0.4, -0.2) is 33.6 Å². The number of carbonyl (C=O) groups excluding carboxylic acids is 1. The van der Waals surface area contributed by atoms with Crippen LogP contribution in [0.3, 0.4) is 0 Å². The van der Waals surface area contributed by atoms with Crippen molar-refractivity contribution in [1.29, 1.82) is 0 Å². The summed E-state index contributed by atoms with van der Waals surface area (Å²) in [5.74, 6) is -0.311. The van der Waals surface area contributed by atoms with Gasteiger partial charge in [0.25, 0.3) is 0 Å². The monoisotopic (exact) mass is 401 g/mol. The summed E-state index contributed by atoms with van der Waals surface area (Å²) >= 11 is 0. The summed E-state index contributed by atoms with van der Waals surface area (Å²) in [6.07, 6.45) is 5.68. The number of amides is 1. The summed E-state index contributed by atoms with van der Waals surface area (Å²) in [5, 5.41) is 18.2. The zero-order valence-corrected chi connectivity index (χ0v) is 16.8. The summed E-state index contributed by atoms with van der Waals surface area (Å²) in [5.41, 5.74) is 1.04. The number of anilines is 4. The number of nitrogens with zero attached hydrogens (tertiary/aromatic N) is 2. The van der Waals surface area contributed by atoms with E-state index in [1.54, 1.807) is 6.07 Å². The number of aliphatic hydroxyl groups excluding tert-OH is 1. The lowest BCUT2D eigenvalue weighted by atomic mass is 9.88. The number of aliphatic hydroxyl groups is 1. The van der Waals surface area contributed by atoms with E-state index >= 15 is 0 Å². The number of carbonyl (C=O) groups is 1. The van der Waals surface area contributed by atoms with Crippen molar-refractivity contribution >= 4 is 29.0 Å². The Hall–Kier alpha value is -2.74. The topological polar surface area (TPSA) is 99.2 Å². The fraction of sp³-hybridized carbons (Fsp3) is 0.476. The fourth-order valence-electron chi connectivity index (χ4n) is 3.47. The molecular formula is C21H28FN5O2. The van der Waals surface area contributed by atoms with Gasteiger partial charge in [0.05, 0.1) is 18.8 Å². The Morgan fingerprint density at radius 3 is 2.72 bits per heavy atom. The van der Waals surface area contributed by atoms with E-state index in [2.05, 4.69) is 25.9 Å². The van der Waals surface area contributed by atoms with E-state index in [0.717, 1.165) is 31.9 Å². The molecule has 1 aliphatic carbocycles. The third kappa shape index (κ3) is 5.20. The van der Waals surface area contributed by atoms with Gasteiger partial charge in [0.1, 0.15) is 0 Å². The number of halogens is 1. The minimum atomic E-state index is -0.590. The van der Waals surface area contributed by atoms with Crippen LogP contribution in [-0.2, 0) is 4.79 Å². The Morgan fingerprint density at radius 1 is 1.31 bits per heavy atom. The fourth-order valence-corrected chi connectivity index (χ4v) is 3.47. The highest BCUT2D eigenvalue weighted by atomic mass is 19.1. The van der Waals surface area contributed by atoms with Crippen molar-refractivity contribution < 1.29 is 14.3 Å². The van der Waals surface area contributed by atoms with Crippen LogP contribution in [0.15, 0.2) is 30.5 Å². The summed E-state index contributed by atoms with van der Waals surface area (Å²) in [6, 6.07) is 6.96. The van der Waals surface area contributed by atoms with Gasteiger partial charge in [-0.05, 0) is 37.5 Å². The molecular weight excluding hydrogens is 373 g/mol. The van der Waals surface area contributed by atoms with Crippen molar-refractivity contribution in [3.8, 4) is 0 Å². The third-order valence-electron chi connectivity index (χ3n) is 5.43. The van der Waals surface area contributed by atoms with Gasteiger partial charge in [-0.25, -0.2) is 9.37 Å². The lowest BCUT2D eigenvalue weighted by Crippen LogP contribution is -2.30. The molecule has 8 heteroatoms. The van der Waals surface area contributed by atoms with Crippen LogP contribution >= 0.6 is 0 Å². The number of rotatable bonds is 8. The summed E-state index contributed by atoms with van der Waals surface area (Å²) in [7, 11) is 0. The maximum atomic E-state index is 14.0. The quantitative estimate of drug-likeness (QED) is 0.532. The van der Waals surface area contributed by atoms with Gasteiger partial charge in [-0.15, -0.1) is 0 Å². The Bertz CT molecular complexity index is 851. The van der Waals surface area contributed by atoms with E-state index in [-0.39, 0.29) is 35.7 Å². The summed E-state index contributed by atoms with van der Waals surface area (Å²) < 4.78 is 14.0. The molecule has 0 unspecified atom stereocenters. The van der Waals surface area contributed by atoms with Crippen molar-refractivity contribution in [2.24, 2.45) is 5.41 Å². The SMILES string of the molecule is CC[C@@H](CO)Nc1nc(Nc2cccc(NC(=O)C3(C)CCCC3)c2)ncc1F. The highest BCUT2D eigenvalue weighted by molar-refractivity contribution is 5.95. The smallest absolute Gasteiger partial charge is 0.230 e. The van der Waals surface area contributed by atoms with E-state index in [9.17, 15) is 14.3 Å². The highest BCUT2D eigenvalue weighted by Gasteiger charge is 2.36. The number of benzene rings is 1. The second-order valence-corrected chi connectivity index (χ2v) is 7.75. The van der Waals surface area contributed by atoms with Crippen LogP contribution < -0.4 is 16.0 Å². The van der Waals surface area contributed by atoms with Crippen LogP contribution in [0.4, 0.5) is 27.5 Å². The first-order valence-electron chi connectivity index (χ1n) is 10.0. The average molecular weight is 401 g/mol. The molecule has 29 heavy (non-hydrogen) atoms. The molecule has 0 bridgehead atoms. The van der Waals surface area contributed by atoms with Crippen LogP contribution in [0.5, 0.6) is 0 Å². The Morgan fingerprint density at radius 2 is 2.03 bits per heavy atom. The molecule has 1 saturated carbocycles. The summed E-state index contributed by atoms with van der Waals surface area (Å²) in [6.45, 7) is 3.77. The second kappa shape index (κ2) is 9.17. The van der Waals surface area contributed by atoms with E-state index in [4.69, 9.17) is 0 Å². The molecule has 3 rings (SSSR count). The van der Waals surface area contributed by atoms with Crippen LogP contribution in [0.2, 0.25) is 0 Å². The molecule has 0 aliphatic heterocycles. The van der Waals surface area contributed by atoms with Crippen LogP contribution in [0.25, 0.3) is 0 Å². The molecule has 2 aromatic rings. The maximum Gasteiger partial charge on any atom is 0.230 e. The molecule has 156 valence electrons. The minimum Gasteiger partial charge on any atom is -0.394 e. The molecule has 1 aliphatic rings. The minimum absolute atomic E-state index is 0.0296. The second-order valence-electron chi connectivity index (χ2n) is 7.75. The molecule has 0 saturated heterocycles. The van der Waals surface area contributed by atoms with Crippen LogP contribution in [0.1, 0.15) is 46.0 Å².